The van der Waals surface area contributed by atoms with Crippen molar-refractivity contribution in [2.75, 3.05) is 4.90 Å². The molecule has 0 atom stereocenters. The van der Waals surface area contributed by atoms with Gasteiger partial charge in [-0.25, -0.2) is 0 Å². The number of benzene rings is 8. The third-order valence-corrected chi connectivity index (χ3v) is 12.7. The fourth-order valence-electron chi connectivity index (χ4n) is 7.82. The fraction of sp³-hybridized carbons (Fsp3) is 0. The lowest BCUT2D eigenvalue weighted by molar-refractivity contribution is 1.30. The molecule has 0 aliphatic heterocycles. The van der Waals surface area contributed by atoms with Crippen molar-refractivity contribution in [1.29, 1.82) is 0 Å². The van der Waals surface area contributed by atoms with Gasteiger partial charge in [0.2, 0.25) is 0 Å². The van der Waals surface area contributed by atoms with Crippen molar-refractivity contribution in [3.05, 3.63) is 182 Å². The minimum absolute atomic E-state index is 1.12. The van der Waals surface area contributed by atoms with Crippen LogP contribution in [0, 0.1) is 0 Å². The number of thiophene rings is 2. The largest absolute Gasteiger partial charge is 0.310 e. The van der Waals surface area contributed by atoms with Crippen LogP contribution in [0.25, 0.3) is 84.1 Å². The summed E-state index contributed by atoms with van der Waals surface area (Å²) in [7, 11) is 0. The topological polar surface area (TPSA) is 16.1 Å². The van der Waals surface area contributed by atoms with Gasteiger partial charge in [0, 0.05) is 69.8 Å². The van der Waals surface area contributed by atoms with Crippen molar-refractivity contribution < 1.29 is 0 Å². The van der Waals surface area contributed by atoms with Crippen LogP contribution in [0.15, 0.2) is 182 Å². The summed E-state index contributed by atoms with van der Waals surface area (Å²) in [5, 5.41) is 10.4. The maximum absolute atomic E-state index is 4.29. The van der Waals surface area contributed by atoms with E-state index >= 15 is 0 Å². The number of hydrogen-bond acceptors (Lipinski definition) is 4. The standard InChI is InChI=1S/C49H30N2S2/c1-3-8-36-26-46-44(24-34(36)6-1)42-21-19-40(28-48(42)52-46)51(39-17-15-32(16-18-39)31-11-13-33(14-12-31)38-10-5-23-50-30-38)41-20-22-43-45-25-35-7-2-4-9-37(35)27-47(45)53-49(43)29-41/h1-30H. The lowest BCUT2D eigenvalue weighted by Gasteiger charge is -2.26. The second-order valence-electron chi connectivity index (χ2n) is 13.7. The summed E-state index contributed by atoms with van der Waals surface area (Å²) in [5.74, 6) is 0. The summed E-state index contributed by atoms with van der Waals surface area (Å²) in [6.45, 7) is 0. The maximum atomic E-state index is 4.29. The van der Waals surface area contributed by atoms with E-state index in [1.807, 2.05) is 41.1 Å². The van der Waals surface area contributed by atoms with Crippen molar-refractivity contribution in [3.63, 3.8) is 0 Å². The Balaban J connectivity index is 1.04. The molecule has 11 aromatic rings. The Morgan fingerprint density at radius 1 is 0.340 bits per heavy atom. The molecule has 3 heterocycles. The van der Waals surface area contributed by atoms with Gasteiger partial charge < -0.3 is 4.90 Å². The molecule has 0 aliphatic rings. The third-order valence-electron chi connectivity index (χ3n) is 10.5. The Morgan fingerprint density at radius 3 is 1.26 bits per heavy atom. The molecule has 11 rings (SSSR count). The van der Waals surface area contributed by atoms with Crippen molar-refractivity contribution in [3.8, 4) is 22.3 Å². The molecule has 0 bridgehead atoms. The summed E-state index contributed by atoms with van der Waals surface area (Å²) >= 11 is 3.75. The van der Waals surface area contributed by atoms with E-state index in [4.69, 9.17) is 0 Å². The highest BCUT2D eigenvalue weighted by Crippen LogP contribution is 2.44. The van der Waals surface area contributed by atoms with Gasteiger partial charge >= 0.3 is 0 Å². The lowest BCUT2D eigenvalue weighted by atomic mass is 10.0. The number of rotatable bonds is 5. The zero-order chi connectivity index (χ0) is 34.9. The van der Waals surface area contributed by atoms with Gasteiger partial charge in [-0.3, -0.25) is 4.98 Å². The molecule has 0 unspecified atom stereocenters. The second kappa shape index (κ2) is 12.1. The van der Waals surface area contributed by atoms with E-state index in [2.05, 4.69) is 174 Å². The fourth-order valence-corrected chi connectivity index (χ4v) is 10.2. The van der Waals surface area contributed by atoms with Crippen LogP contribution in [0.4, 0.5) is 17.1 Å². The Hall–Kier alpha value is -6.33. The molecule has 4 heteroatoms. The molecule has 0 amide bonds. The first-order valence-electron chi connectivity index (χ1n) is 17.8. The van der Waals surface area contributed by atoms with E-state index in [1.54, 1.807) is 0 Å². The van der Waals surface area contributed by atoms with Gasteiger partial charge in [0.1, 0.15) is 0 Å². The molecule has 2 nitrogen and oxygen atoms in total. The summed E-state index contributed by atoms with van der Waals surface area (Å²) < 4.78 is 5.22. The minimum atomic E-state index is 1.12. The predicted octanol–water partition coefficient (Wildman–Crippen LogP) is 14.9. The molecule has 3 aromatic heterocycles. The van der Waals surface area contributed by atoms with Crippen LogP contribution in [0.1, 0.15) is 0 Å². The molecular formula is C49H30N2S2. The molecule has 0 saturated heterocycles. The maximum Gasteiger partial charge on any atom is 0.0476 e. The van der Waals surface area contributed by atoms with E-state index in [9.17, 15) is 0 Å². The monoisotopic (exact) mass is 710 g/mol. The van der Waals surface area contributed by atoms with Crippen molar-refractivity contribution in [2.45, 2.75) is 0 Å². The molecule has 0 aliphatic carbocycles. The summed E-state index contributed by atoms with van der Waals surface area (Å²) in [6.07, 6.45) is 3.72. The van der Waals surface area contributed by atoms with E-state index in [-0.39, 0.29) is 0 Å². The van der Waals surface area contributed by atoms with Gasteiger partial charge in [0.05, 0.1) is 0 Å². The van der Waals surface area contributed by atoms with Crippen LogP contribution in [0.3, 0.4) is 0 Å². The van der Waals surface area contributed by atoms with E-state index in [0.29, 0.717) is 0 Å². The quantitative estimate of drug-likeness (QED) is 0.177. The number of fused-ring (bicyclic) bond motifs is 8. The Morgan fingerprint density at radius 2 is 0.774 bits per heavy atom. The van der Waals surface area contributed by atoms with Crippen LogP contribution in [0.2, 0.25) is 0 Å². The van der Waals surface area contributed by atoms with Crippen LogP contribution in [-0.4, -0.2) is 4.98 Å². The Bertz CT molecular complexity index is 3000. The number of anilines is 3. The summed E-state index contributed by atoms with van der Waals surface area (Å²) in [6, 6.07) is 62.5. The molecule has 0 saturated carbocycles. The summed E-state index contributed by atoms with van der Waals surface area (Å²) in [5.41, 5.74) is 8.08. The average molecular weight is 711 g/mol. The second-order valence-corrected chi connectivity index (χ2v) is 15.8. The van der Waals surface area contributed by atoms with Gasteiger partial charge in [0.25, 0.3) is 0 Å². The summed E-state index contributed by atoms with van der Waals surface area (Å²) in [4.78, 5) is 6.71. The van der Waals surface area contributed by atoms with Gasteiger partial charge in [0.15, 0.2) is 0 Å². The number of pyridine rings is 1. The van der Waals surface area contributed by atoms with Crippen LogP contribution in [-0.2, 0) is 0 Å². The SMILES string of the molecule is c1cncc(-c2ccc(-c3ccc(N(c4ccc5c(c4)sc4cc6ccccc6cc45)c4ccc5c(c4)sc4cc6ccccc6cc45)cc3)cc2)c1. The smallest absolute Gasteiger partial charge is 0.0476 e. The van der Waals surface area contributed by atoms with Crippen molar-refractivity contribution in [2.24, 2.45) is 0 Å². The zero-order valence-electron chi connectivity index (χ0n) is 28.5. The Kier molecular flexibility index (Phi) is 6.94. The first-order valence-corrected chi connectivity index (χ1v) is 19.5. The number of nitrogens with zero attached hydrogens (tertiary/aromatic N) is 2. The molecule has 0 N–H and O–H groups in total. The van der Waals surface area contributed by atoms with Gasteiger partial charge in [-0.05, 0) is 111 Å². The van der Waals surface area contributed by atoms with Crippen molar-refractivity contribution >= 4 is 102 Å². The normalized spacial score (nSPS) is 11.8. The molecule has 53 heavy (non-hydrogen) atoms. The zero-order valence-corrected chi connectivity index (χ0v) is 30.2. The first kappa shape index (κ1) is 30.3. The molecule has 0 spiro atoms. The highest BCUT2D eigenvalue weighted by Gasteiger charge is 2.17. The number of hydrogen-bond donors (Lipinski definition) is 0. The van der Waals surface area contributed by atoms with E-state index in [1.165, 1.54) is 78.6 Å². The molecule has 0 radical (unpaired) electrons. The average Bonchev–Trinajstić information content (AvgIpc) is 3.76. The molecule has 0 fully saturated rings. The van der Waals surface area contributed by atoms with E-state index in [0.717, 1.165) is 22.6 Å². The first-order chi connectivity index (χ1) is 26.2. The highest BCUT2D eigenvalue weighted by atomic mass is 32.1. The minimum Gasteiger partial charge on any atom is -0.310 e. The van der Waals surface area contributed by atoms with Crippen LogP contribution < -0.4 is 4.90 Å². The molecular weight excluding hydrogens is 681 g/mol. The van der Waals surface area contributed by atoms with Gasteiger partial charge in [-0.15, -0.1) is 22.7 Å². The number of aromatic nitrogens is 1. The van der Waals surface area contributed by atoms with Crippen LogP contribution in [0.5, 0.6) is 0 Å². The Labute approximate surface area is 314 Å². The molecule has 8 aromatic carbocycles. The molecule has 248 valence electrons. The van der Waals surface area contributed by atoms with Gasteiger partial charge in [-0.2, -0.15) is 0 Å². The third kappa shape index (κ3) is 5.18. The predicted molar refractivity (Wildman–Crippen MR) is 231 cm³/mol. The van der Waals surface area contributed by atoms with Crippen LogP contribution >= 0.6 is 22.7 Å². The van der Waals surface area contributed by atoms with Crippen molar-refractivity contribution in [1.82, 2.24) is 4.98 Å². The lowest BCUT2D eigenvalue weighted by Crippen LogP contribution is -2.09. The van der Waals surface area contributed by atoms with E-state index < -0.39 is 0 Å². The highest BCUT2D eigenvalue weighted by molar-refractivity contribution is 7.26. The van der Waals surface area contributed by atoms with Gasteiger partial charge in [-0.1, -0.05) is 103 Å².